The zero-order chi connectivity index (χ0) is 32.2. The van der Waals surface area contributed by atoms with Gasteiger partial charge in [0.1, 0.15) is 11.6 Å². The predicted octanol–water partition coefficient (Wildman–Crippen LogP) is 10.9. The van der Waals surface area contributed by atoms with Crippen molar-refractivity contribution in [2.24, 2.45) is 0 Å². The van der Waals surface area contributed by atoms with Crippen molar-refractivity contribution >= 4 is 21.8 Å². The monoisotopic (exact) mass is 601 g/mol. The third-order valence-corrected chi connectivity index (χ3v) is 8.82. The molecule has 0 unspecified atom stereocenters. The average molecular weight is 602 g/mol. The summed E-state index contributed by atoms with van der Waals surface area (Å²) in [7, 11) is 0. The standard InChI is InChI=1S/C42H39N3O/c1-41(2,3)31-21-29(20-30(22-31)36-23-27-14-10-11-15-28(27)26-43-36)35-24-32(42(4,5)6)25-37-39(35)44-40(34-18-12-13-19-38(34)46)45(37)33-16-8-7-9-17-33/h7-26,46H,1-6H3. The number of phenolic OH excluding ortho intramolecular Hbond substituents is 1. The van der Waals surface area contributed by atoms with Crippen LogP contribution in [0.1, 0.15) is 52.7 Å². The fourth-order valence-electron chi connectivity index (χ4n) is 6.12. The van der Waals surface area contributed by atoms with Crippen molar-refractivity contribution in [2.45, 2.75) is 52.4 Å². The highest BCUT2D eigenvalue weighted by Gasteiger charge is 2.25. The molecule has 2 aromatic heterocycles. The van der Waals surface area contributed by atoms with Crippen LogP contribution in [0.4, 0.5) is 0 Å². The first kappa shape index (κ1) is 29.5. The fraction of sp³-hybridized carbons (Fsp3) is 0.190. The Bertz CT molecular complexity index is 2230. The van der Waals surface area contributed by atoms with Gasteiger partial charge in [-0.2, -0.15) is 0 Å². The highest BCUT2D eigenvalue weighted by Crippen LogP contribution is 2.42. The number of fused-ring (bicyclic) bond motifs is 2. The number of pyridine rings is 1. The molecule has 0 aliphatic carbocycles. The Hall–Kier alpha value is -5.22. The first-order valence-corrected chi connectivity index (χ1v) is 15.9. The Morgan fingerprint density at radius 1 is 0.587 bits per heavy atom. The molecule has 0 saturated carbocycles. The molecule has 0 bridgehead atoms. The van der Waals surface area contributed by atoms with E-state index in [2.05, 4.69) is 113 Å². The van der Waals surface area contributed by atoms with Crippen LogP contribution in [0.5, 0.6) is 5.75 Å². The summed E-state index contributed by atoms with van der Waals surface area (Å²) in [6.07, 6.45) is 1.96. The van der Waals surface area contributed by atoms with Crippen molar-refractivity contribution in [3.8, 4) is 45.2 Å². The Morgan fingerprint density at radius 2 is 1.22 bits per heavy atom. The fourth-order valence-corrected chi connectivity index (χ4v) is 6.12. The van der Waals surface area contributed by atoms with Crippen LogP contribution in [0.25, 0.3) is 61.3 Å². The lowest BCUT2D eigenvalue weighted by Crippen LogP contribution is -2.12. The van der Waals surface area contributed by atoms with E-state index in [9.17, 15) is 5.11 Å². The summed E-state index contributed by atoms with van der Waals surface area (Å²) in [5.74, 6) is 0.905. The molecule has 4 heteroatoms. The average Bonchev–Trinajstić information content (AvgIpc) is 3.43. The van der Waals surface area contributed by atoms with Gasteiger partial charge in [-0.25, -0.2) is 4.98 Å². The van der Waals surface area contributed by atoms with Gasteiger partial charge in [0, 0.05) is 28.4 Å². The van der Waals surface area contributed by atoms with Gasteiger partial charge in [-0.15, -0.1) is 0 Å². The quantitative estimate of drug-likeness (QED) is 0.218. The molecule has 0 spiro atoms. The first-order chi connectivity index (χ1) is 22.0. The molecule has 0 saturated heterocycles. The van der Waals surface area contributed by atoms with Crippen LogP contribution >= 0.6 is 0 Å². The third-order valence-electron chi connectivity index (χ3n) is 8.82. The van der Waals surface area contributed by atoms with Gasteiger partial charge in [0.25, 0.3) is 0 Å². The van der Waals surface area contributed by atoms with Crippen LogP contribution in [-0.4, -0.2) is 19.6 Å². The molecular weight excluding hydrogens is 562 g/mol. The van der Waals surface area contributed by atoms with Crippen molar-refractivity contribution < 1.29 is 5.11 Å². The van der Waals surface area contributed by atoms with E-state index in [0.29, 0.717) is 11.4 Å². The van der Waals surface area contributed by atoms with Gasteiger partial charge in [-0.05, 0) is 87.5 Å². The lowest BCUT2D eigenvalue weighted by Gasteiger charge is -2.23. The first-order valence-electron chi connectivity index (χ1n) is 15.9. The number of hydrogen-bond donors (Lipinski definition) is 1. The van der Waals surface area contributed by atoms with Gasteiger partial charge in [0.05, 0.1) is 22.3 Å². The van der Waals surface area contributed by atoms with Gasteiger partial charge >= 0.3 is 0 Å². The second-order valence-electron chi connectivity index (χ2n) is 14.2. The van der Waals surface area contributed by atoms with E-state index in [1.165, 1.54) is 16.5 Å². The summed E-state index contributed by atoms with van der Waals surface area (Å²) >= 11 is 0. The largest absolute Gasteiger partial charge is 0.507 e. The summed E-state index contributed by atoms with van der Waals surface area (Å²) in [6.45, 7) is 13.5. The molecule has 0 aliphatic heterocycles. The number of aromatic nitrogens is 3. The highest BCUT2D eigenvalue weighted by molar-refractivity contribution is 5.98. The van der Waals surface area contributed by atoms with Crippen molar-refractivity contribution in [1.29, 1.82) is 0 Å². The van der Waals surface area contributed by atoms with Gasteiger partial charge in [0.2, 0.25) is 0 Å². The summed E-state index contributed by atoms with van der Waals surface area (Å²) in [5.41, 5.74) is 9.97. The Morgan fingerprint density at radius 3 is 1.93 bits per heavy atom. The Kier molecular flexibility index (Phi) is 7.05. The van der Waals surface area contributed by atoms with Crippen LogP contribution in [-0.2, 0) is 10.8 Å². The molecule has 0 radical (unpaired) electrons. The van der Waals surface area contributed by atoms with Crippen LogP contribution < -0.4 is 0 Å². The lowest BCUT2D eigenvalue weighted by molar-refractivity contribution is 0.477. The number of para-hydroxylation sites is 2. The molecule has 4 nitrogen and oxygen atoms in total. The van der Waals surface area contributed by atoms with E-state index in [4.69, 9.17) is 9.97 Å². The van der Waals surface area contributed by atoms with Gasteiger partial charge < -0.3 is 5.11 Å². The van der Waals surface area contributed by atoms with Crippen LogP contribution in [0.2, 0.25) is 0 Å². The number of hydrogen-bond acceptors (Lipinski definition) is 3. The van der Waals surface area contributed by atoms with Crippen LogP contribution in [0, 0.1) is 0 Å². The maximum Gasteiger partial charge on any atom is 0.149 e. The minimum absolute atomic E-state index is 0.0905. The number of phenols is 1. The van der Waals surface area contributed by atoms with E-state index in [0.717, 1.165) is 44.5 Å². The van der Waals surface area contributed by atoms with Gasteiger partial charge in [0.15, 0.2) is 0 Å². The molecule has 2 heterocycles. The molecule has 228 valence electrons. The minimum atomic E-state index is -0.117. The van der Waals surface area contributed by atoms with Crippen molar-refractivity contribution in [3.05, 3.63) is 133 Å². The van der Waals surface area contributed by atoms with Crippen molar-refractivity contribution in [2.75, 3.05) is 0 Å². The Balaban J connectivity index is 1.57. The van der Waals surface area contributed by atoms with E-state index in [1.54, 1.807) is 6.07 Å². The molecule has 7 aromatic rings. The molecule has 5 aromatic carbocycles. The summed E-state index contributed by atoms with van der Waals surface area (Å²) in [6, 6.07) is 39.7. The third kappa shape index (κ3) is 5.34. The van der Waals surface area contributed by atoms with Crippen molar-refractivity contribution in [1.82, 2.24) is 14.5 Å². The molecular formula is C42H39N3O. The van der Waals surface area contributed by atoms with E-state index in [1.807, 2.05) is 48.7 Å². The normalized spacial score (nSPS) is 12.2. The molecule has 1 N–H and O–H groups in total. The second-order valence-corrected chi connectivity index (χ2v) is 14.2. The Labute approximate surface area is 271 Å². The maximum absolute atomic E-state index is 11.0. The van der Waals surface area contributed by atoms with E-state index >= 15 is 0 Å². The van der Waals surface area contributed by atoms with Crippen LogP contribution in [0.15, 0.2) is 121 Å². The lowest BCUT2D eigenvalue weighted by atomic mass is 9.82. The van der Waals surface area contributed by atoms with Gasteiger partial charge in [-0.1, -0.05) is 102 Å². The molecule has 0 aliphatic rings. The number of aromatic hydroxyl groups is 1. The van der Waals surface area contributed by atoms with Crippen molar-refractivity contribution in [3.63, 3.8) is 0 Å². The van der Waals surface area contributed by atoms with Crippen LogP contribution in [0.3, 0.4) is 0 Å². The summed E-state index contributed by atoms with van der Waals surface area (Å²) in [5, 5.41) is 13.3. The highest BCUT2D eigenvalue weighted by atomic mass is 16.3. The molecule has 0 atom stereocenters. The molecule has 7 rings (SSSR count). The summed E-state index contributed by atoms with van der Waals surface area (Å²) in [4.78, 5) is 10.3. The SMILES string of the molecule is CC(C)(C)c1cc(-c2cc3ccccc3cn2)cc(-c2cc(C(C)(C)C)cc3c2nc(-c2ccccc2O)n3-c2ccccc2)c1. The summed E-state index contributed by atoms with van der Waals surface area (Å²) < 4.78 is 2.18. The smallest absolute Gasteiger partial charge is 0.149 e. The molecule has 0 amide bonds. The van der Waals surface area contributed by atoms with E-state index in [-0.39, 0.29) is 16.6 Å². The topological polar surface area (TPSA) is 50.9 Å². The number of benzene rings is 5. The molecule has 46 heavy (non-hydrogen) atoms. The number of rotatable bonds is 4. The van der Waals surface area contributed by atoms with E-state index < -0.39 is 0 Å². The maximum atomic E-state index is 11.0. The van der Waals surface area contributed by atoms with Gasteiger partial charge in [-0.3, -0.25) is 9.55 Å². The zero-order valence-electron chi connectivity index (χ0n) is 27.3. The molecule has 0 fully saturated rings. The number of imidazole rings is 1. The minimum Gasteiger partial charge on any atom is -0.507 e. The number of nitrogens with zero attached hydrogens (tertiary/aromatic N) is 3. The predicted molar refractivity (Wildman–Crippen MR) is 192 cm³/mol. The second kappa shape index (κ2) is 11.0. The zero-order valence-corrected chi connectivity index (χ0v) is 27.3.